The molecule has 0 saturated heterocycles. The maximum Gasteiger partial charge on any atom is 0.273 e. The fourth-order valence-corrected chi connectivity index (χ4v) is 1.65. The Morgan fingerprint density at radius 3 is 1.23 bits per heavy atom. The third-order valence-electron chi connectivity index (χ3n) is 2.52. The Kier molecular flexibility index (Phi) is 14.7. The molecule has 0 saturated carbocycles. The number of hydrogen-bond donors (Lipinski definition) is 3. The molecule has 0 spiro atoms. The molecule has 0 radical (unpaired) electrons. The normalized spacial score (nSPS) is 12.8. The molecule has 26 heavy (non-hydrogen) atoms. The van der Waals surface area contributed by atoms with Gasteiger partial charge in [-0.05, 0) is 0 Å². The summed E-state index contributed by atoms with van der Waals surface area (Å²) < 4.78 is 30.1. The molecule has 0 aromatic heterocycles. The summed E-state index contributed by atoms with van der Waals surface area (Å²) in [6, 6.07) is 0. The summed E-state index contributed by atoms with van der Waals surface area (Å²) in [5.74, 6) is -4.08. The van der Waals surface area contributed by atoms with Gasteiger partial charge in [-0.1, -0.05) is 0 Å². The predicted molar refractivity (Wildman–Crippen MR) is 89.9 cm³/mol. The van der Waals surface area contributed by atoms with Crippen molar-refractivity contribution < 1.29 is 52.0 Å². The smallest absolute Gasteiger partial charge is 0.273 e. The quantitative estimate of drug-likeness (QED) is 0.266. The van der Waals surface area contributed by atoms with Crippen molar-refractivity contribution in [1.82, 2.24) is 0 Å². The number of carboxylic acids is 2. The summed E-state index contributed by atoms with van der Waals surface area (Å²) in [6.45, 7) is 2.23. The highest BCUT2D eigenvalue weighted by Gasteiger charge is 2.24. The van der Waals surface area contributed by atoms with E-state index in [1.165, 1.54) is 0 Å². The molecule has 1 atom stereocenters. The average molecular weight is 404 g/mol. The van der Waals surface area contributed by atoms with Gasteiger partial charge < -0.3 is 39.0 Å². The first-order valence-corrected chi connectivity index (χ1v) is 9.07. The van der Waals surface area contributed by atoms with Crippen LogP contribution in [0.2, 0.25) is 0 Å². The number of aliphatic hydroxyl groups is 2. The van der Waals surface area contributed by atoms with E-state index >= 15 is 0 Å². The lowest BCUT2D eigenvalue weighted by atomic mass is 10.3. The van der Waals surface area contributed by atoms with Gasteiger partial charge >= 0.3 is 0 Å². The van der Waals surface area contributed by atoms with Crippen LogP contribution in [0.1, 0.15) is 6.42 Å². The molecule has 11 nitrogen and oxygen atoms in total. The van der Waals surface area contributed by atoms with E-state index < -0.39 is 33.7 Å². The third kappa shape index (κ3) is 24.9. The van der Waals surface area contributed by atoms with Gasteiger partial charge in [0.2, 0.25) is 0 Å². The molecule has 0 aromatic carbocycles. The summed E-state index contributed by atoms with van der Waals surface area (Å²) in [5, 5.41) is 34.0. The molecule has 1 unspecified atom stereocenters. The molecule has 0 rings (SSSR count). The van der Waals surface area contributed by atoms with E-state index in [-0.39, 0.29) is 13.2 Å². The Labute approximate surface area is 155 Å². The second-order valence-corrected chi connectivity index (χ2v) is 8.97. The Hall–Kier alpha value is -1.31. The largest absolute Gasteiger partial charge is 0.550 e. The fraction of sp³-hybridized carbons (Fsp3) is 0.857. The minimum absolute atomic E-state index is 0.281. The Morgan fingerprint density at radius 2 is 1.19 bits per heavy atom. The maximum atomic E-state index is 10.2. The molecule has 0 aliphatic heterocycles. The third-order valence-corrected chi connectivity index (χ3v) is 3.59. The molecular weight excluding hydrogens is 372 g/mol. The number of carbonyl (C=O) groups excluding carboxylic acids is 2. The van der Waals surface area contributed by atoms with Gasteiger partial charge in [0.1, 0.15) is 18.3 Å². The molecule has 0 aliphatic rings. The molecule has 0 bridgehead atoms. The van der Waals surface area contributed by atoms with Crippen LogP contribution in [0.15, 0.2) is 0 Å². The summed E-state index contributed by atoms with van der Waals surface area (Å²) in [7, 11) is 7.37. The zero-order valence-corrected chi connectivity index (χ0v) is 17.0. The van der Waals surface area contributed by atoms with Crippen molar-refractivity contribution in [2.24, 2.45) is 0 Å². The SMILES string of the molecule is C[N+](C)(C)CCO.C[N+](C)(C)CCO.O=C([O-])CC(C(=O)[O-])S(=O)(=O)O. The molecular formula is C14H32N2O9S. The molecule has 3 N–H and O–H groups in total. The highest BCUT2D eigenvalue weighted by molar-refractivity contribution is 7.87. The lowest BCUT2D eigenvalue weighted by Gasteiger charge is -2.21. The number of hydrogen-bond acceptors (Lipinski definition) is 8. The Balaban J connectivity index is -0.000000326. The van der Waals surface area contributed by atoms with Crippen molar-refractivity contribution in [3.05, 3.63) is 0 Å². The molecule has 0 aromatic rings. The van der Waals surface area contributed by atoms with E-state index in [2.05, 4.69) is 42.3 Å². The summed E-state index contributed by atoms with van der Waals surface area (Å²) in [5.41, 5.74) is 0. The number of quaternary nitrogens is 2. The van der Waals surface area contributed by atoms with Crippen molar-refractivity contribution in [1.29, 1.82) is 0 Å². The van der Waals surface area contributed by atoms with E-state index in [4.69, 9.17) is 14.8 Å². The topological polar surface area (TPSA) is 175 Å². The zero-order chi connectivity index (χ0) is 21.8. The number of carboxylic acid groups (broad SMARTS) is 2. The van der Waals surface area contributed by atoms with Gasteiger partial charge in [0.15, 0.2) is 0 Å². The number of nitrogens with zero attached hydrogens (tertiary/aromatic N) is 2. The number of aliphatic carboxylic acids is 2. The molecule has 0 heterocycles. The van der Waals surface area contributed by atoms with Crippen LogP contribution in [0.25, 0.3) is 0 Å². The van der Waals surface area contributed by atoms with E-state index in [0.717, 1.165) is 22.1 Å². The monoisotopic (exact) mass is 404 g/mol. The van der Waals surface area contributed by atoms with Gasteiger partial charge in [0, 0.05) is 12.4 Å². The van der Waals surface area contributed by atoms with Crippen molar-refractivity contribution in [3.63, 3.8) is 0 Å². The predicted octanol–water partition coefficient (Wildman–Crippen LogP) is -4.50. The van der Waals surface area contributed by atoms with Crippen molar-refractivity contribution >= 4 is 22.1 Å². The van der Waals surface area contributed by atoms with E-state index in [9.17, 15) is 28.2 Å². The van der Waals surface area contributed by atoms with Crippen LogP contribution in [0.5, 0.6) is 0 Å². The first kappa shape index (κ1) is 29.5. The van der Waals surface area contributed by atoms with Crippen LogP contribution in [0, 0.1) is 0 Å². The van der Waals surface area contributed by atoms with Crippen molar-refractivity contribution in [2.45, 2.75) is 11.7 Å². The van der Waals surface area contributed by atoms with Crippen LogP contribution in [-0.2, 0) is 19.7 Å². The van der Waals surface area contributed by atoms with Gasteiger partial charge in [0.25, 0.3) is 10.1 Å². The number of likely N-dealkylation sites (N-methyl/N-ethyl adjacent to an activating group) is 2. The standard InChI is InChI=1S/2C5H14NO.C4H6O7S/c2*1-6(2,3)4-5-7;5-3(6)1-2(4(7)8)12(9,10)11/h2*7H,4-5H2,1-3H3;2H,1H2,(H,5,6)(H,7,8)(H,9,10,11)/q2*+1;/p-2. The first-order valence-electron chi connectivity index (χ1n) is 7.57. The van der Waals surface area contributed by atoms with Crippen LogP contribution >= 0.6 is 0 Å². The van der Waals surface area contributed by atoms with E-state index in [1.807, 2.05) is 0 Å². The number of rotatable bonds is 8. The zero-order valence-electron chi connectivity index (χ0n) is 16.2. The van der Waals surface area contributed by atoms with Crippen LogP contribution in [0.3, 0.4) is 0 Å². The van der Waals surface area contributed by atoms with Crippen molar-refractivity contribution in [2.75, 3.05) is 68.6 Å². The first-order chi connectivity index (χ1) is 11.4. The van der Waals surface area contributed by atoms with Gasteiger partial charge in [-0.15, -0.1) is 0 Å². The van der Waals surface area contributed by atoms with Gasteiger partial charge in [-0.3, -0.25) is 4.55 Å². The van der Waals surface area contributed by atoms with Gasteiger partial charge in [0.05, 0.1) is 61.5 Å². The second kappa shape index (κ2) is 12.9. The van der Waals surface area contributed by atoms with Gasteiger partial charge in [-0.2, -0.15) is 8.42 Å². The van der Waals surface area contributed by atoms with Gasteiger partial charge in [-0.25, -0.2) is 0 Å². The Bertz CT molecular complexity index is 491. The van der Waals surface area contributed by atoms with E-state index in [0.29, 0.717) is 0 Å². The molecule has 0 amide bonds. The van der Waals surface area contributed by atoms with Crippen LogP contribution < -0.4 is 10.2 Å². The highest BCUT2D eigenvalue weighted by atomic mass is 32.2. The molecule has 0 aliphatic carbocycles. The maximum absolute atomic E-state index is 10.2. The summed E-state index contributed by atoms with van der Waals surface area (Å²) >= 11 is 0. The van der Waals surface area contributed by atoms with Crippen LogP contribution in [-0.4, -0.2) is 118 Å². The van der Waals surface area contributed by atoms with Crippen LogP contribution in [0.4, 0.5) is 0 Å². The average Bonchev–Trinajstić information content (AvgIpc) is 2.32. The number of aliphatic hydroxyl groups excluding tert-OH is 2. The van der Waals surface area contributed by atoms with Crippen molar-refractivity contribution in [3.8, 4) is 0 Å². The molecule has 0 fully saturated rings. The summed E-state index contributed by atoms with van der Waals surface area (Å²) in [4.78, 5) is 19.7. The molecule has 12 heteroatoms. The highest BCUT2D eigenvalue weighted by Crippen LogP contribution is 2.01. The van der Waals surface area contributed by atoms with E-state index in [1.54, 1.807) is 0 Å². The molecule has 158 valence electrons. The summed E-state index contributed by atoms with van der Waals surface area (Å²) in [6.07, 6.45) is -1.33. The fourth-order valence-electron chi connectivity index (χ4n) is 1.06. The second-order valence-electron chi connectivity index (χ2n) is 7.37. The minimum Gasteiger partial charge on any atom is -0.550 e. The lowest BCUT2D eigenvalue weighted by Crippen LogP contribution is -2.44. The number of carbonyl (C=O) groups is 2. The Morgan fingerprint density at radius 1 is 0.885 bits per heavy atom. The minimum atomic E-state index is -4.94. The lowest BCUT2D eigenvalue weighted by molar-refractivity contribution is -0.870.